The number of rotatable bonds is 6. The fourth-order valence-electron chi connectivity index (χ4n) is 3.37. The second-order valence-electron chi connectivity index (χ2n) is 6.67. The molecular formula is C22H23BrN2O2S. The van der Waals surface area contributed by atoms with Crippen LogP contribution in [0.5, 0.6) is 5.75 Å². The summed E-state index contributed by atoms with van der Waals surface area (Å²) in [5, 5.41) is 3.96. The Morgan fingerprint density at radius 3 is 2.39 bits per heavy atom. The Labute approximate surface area is 179 Å². The van der Waals surface area contributed by atoms with Gasteiger partial charge in [0.2, 0.25) is 0 Å². The number of carbonyl (C=O) groups is 1. The number of hydrogen-bond donors (Lipinski definition) is 1. The Kier molecular flexibility index (Phi) is 6.52. The highest BCUT2D eigenvalue weighted by molar-refractivity contribution is 9.10. The molecule has 0 bridgehead atoms. The van der Waals surface area contributed by atoms with Gasteiger partial charge in [-0.3, -0.25) is 4.79 Å². The third kappa shape index (κ3) is 4.45. The molecule has 2 aromatic rings. The first-order chi connectivity index (χ1) is 13.4. The average Bonchev–Trinajstić information content (AvgIpc) is 2.67. The van der Waals surface area contributed by atoms with E-state index in [1.807, 2.05) is 67.3 Å². The summed E-state index contributed by atoms with van der Waals surface area (Å²) < 4.78 is 6.92. The average molecular weight is 459 g/mol. The lowest BCUT2D eigenvalue weighted by Gasteiger charge is -2.37. The summed E-state index contributed by atoms with van der Waals surface area (Å²) in [4.78, 5) is 14.3. The maximum Gasteiger partial charge on any atom is 0.173 e. The first-order valence-electron chi connectivity index (χ1n) is 9.17. The molecule has 0 aromatic heterocycles. The number of benzene rings is 2. The zero-order chi connectivity index (χ0) is 20.3. The van der Waals surface area contributed by atoms with Crippen LogP contribution in [0.25, 0.3) is 0 Å². The molecule has 1 aliphatic rings. The van der Waals surface area contributed by atoms with E-state index in [2.05, 4.69) is 21.2 Å². The van der Waals surface area contributed by atoms with E-state index in [0.717, 1.165) is 39.2 Å². The van der Waals surface area contributed by atoms with Crippen molar-refractivity contribution in [1.82, 2.24) is 10.2 Å². The molecule has 1 aliphatic heterocycles. The number of ketones is 1. The molecule has 0 fully saturated rings. The van der Waals surface area contributed by atoms with Gasteiger partial charge in [0.25, 0.3) is 0 Å². The van der Waals surface area contributed by atoms with E-state index >= 15 is 0 Å². The standard InChI is InChI=1S/C22H23BrN2O2S/c1-4-25-14(2)20(15(3)26)21(24-22(25)28)17-7-11-19(12-8-17)27-13-16-5-9-18(23)10-6-16/h5-12,21H,4,13H2,1-3H3,(H,24,28). The maximum absolute atomic E-state index is 12.3. The van der Waals surface area contributed by atoms with Crippen molar-refractivity contribution in [1.29, 1.82) is 0 Å². The number of thiocarbonyl (C=S) groups is 1. The van der Waals surface area contributed by atoms with Gasteiger partial charge >= 0.3 is 0 Å². The van der Waals surface area contributed by atoms with Crippen LogP contribution in [0.3, 0.4) is 0 Å². The highest BCUT2D eigenvalue weighted by Crippen LogP contribution is 2.31. The molecule has 0 amide bonds. The van der Waals surface area contributed by atoms with Crippen LogP contribution in [0.2, 0.25) is 0 Å². The van der Waals surface area contributed by atoms with Gasteiger partial charge in [0.15, 0.2) is 10.9 Å². The van der Waals surface area contributed by atoms with Gasteiger partial charge < -0.3 is 15.0 Å². The normalized spacial score (nSPS) is 16.8. The highest BCUT2D eigenvalue weighted by Gasteiger charge is 2.31. The Balaban J connectivity index is 1.78. The van der Waals surface area contributed by atoms with Crippen molar-refractivity contribution in [2.24, 2.45) is 0 Å². The molecule has 2 aromatic carbocycles. The van der Waals surface area contributed by atoms with Crippen molar-refractivity contribution in [3.63, 3.8) is 0 Å². The largest absolute Gasteiger partial charge is 0.489 e. The van der Waals surface area contributed by atoms with Crippen molar-refractivity contribution in [2.45, 2.75) is 33.4 Å². The van der Waals surface area contributed by atoms with Crippen LogP contribution in [0, 0.1) is 0 Å². The third-order valence-corrected chi connectivity index (χ3v) is 5.69. The number of hydrogen-bond acceptors (Lipinski definition) is 3. The van der Waals surface area contributed by atoms with Crippen LogP contribution in [0.15, 0.2) is 64.3 Å². The molecule has 3 rings (SSSR count). The molecule has 1 atom stereocenters. The van der Waals surface area contributed by atoms with Crippen LogP contribution in [0.4, 0.5) is 0 Å². The number of carbonyl (C=O) groups excluding carboxylic acids is 1. The number of allylic oxidation sites excluding steroid dienone is 1. The van der Waals surface area contributed by atoms with Gasteiger partial charge in [0.05, 0.1) is 6.04 Å². The van der Waals surface area contributed by atoms with Gasteiger partial charge in [-0.25, -0.2) is 0 Å². The smallest absolute Gasteiger partial charge is 0.173 e. The van der Waals surface area contributed by atoms with Gasteiger partial charge in [-0.15, -0.1) is 0 Å². The van der Waals surface area contributed by atoms with E-state index in [9.17, 15) is 4.79 Å². The van der Waals surface area contributed by atoms with Crippen molar-refractivity contribution >= 4 is 39.0 Å². The van der Waals surface area contributed by atoms with Crippen molar-refractivity contribution in [3.05, 3.63) is 75.4 Å². The maximum atomic E-state index is 12.3. The fraction of sp³-hybridized carbons (Fsp3) is 0.273. The van der Waals surface area contributed by atoms with E-state index < -0.39 is 0 Å². The molecule has 0 saturated carbocycles. The van der Waals surface area contributed by atoms with Crippen molar-refractivity contribution < 1.29 is 9.53 Å². The van der Waals surface area contributed by atoms with Crippen LogP contribution >= 0.6 is 28.1 Å². The van der Waals surface area contributed by atoms with Crippen molar-refractivity contribution in [2.75, 3.05) is 6.54 Å². The molecule has 4 nitrogen and oxygen atoms in total. The Bertz CT molecular complexity index is 907. The molecule has 146 valence electrons. The van der Waals surface area contributed by atoms with Crippen LogP contribution in [-0.4, -0.2) is 22.3 Å². The Morgan fingerprint density at radius 2 is 1.82 bits per heavy atom. The molecule has 1 unspecified atom stereocenters. The molecule has 0 spiro atoms. The summed E-state index contributed by atoms with van der Waals surface area (Å²) in [6.45, 7) is 6.81. The number of nitrogens with zero attached hydrogens (tertiary/aromatic N) is 1. The lowest BCUT2D eigenvalue weighted by molar-refractivity contribution is -0.114. The third-order valence-electron chi connectivity index (χ3n) is 4.82. The quantitative estimate of drug-likeness (QED) is 0.606. The monoisotopic (exact) mass is 458 g/mol. The summed E-state index contributed by atoms with van der Waals surface area (Å²) in [5.41, 5.74) is 3.75. The van der Waals surface area contributed by atoms with Crippen LogP contribution < -0.4 is 10.1 Å². The highest BCUT2D eigenvalue weighted by atomic mass is 79.9. The summed E-state index contributed by atoms with van der Waals surface area (Å²) in [6.07, 6.45) is 0. The molecular weight excluding hydrogens is 436 g/mol. The first kappa shape index (κ1) is 20.6. The molecule has 0 radical (unpaired) electrons. The lowest BCUT2D eigenvalue weighted by atomic mass is 9.92. The summed E-state index contributed by atoms with van der Waals surface area (Å²) in [7, 11) is 0. The molecule has 1 N–H and O–H groups in total. The molecule has 0 saturated heterocycles. The van der Waals surface area contributed by atoms with E-state index in [-0.39, 0.29) is 11.8 Å². The molecule has 28 heavy (non-hydrogen) atoms. The zero-order valence-electron chi connectivity index (χ0n) is 16.2. The summed E-state index contributed by atoms with van der Waals surface area (Å²) >= 11 is 8.92. The molecule has 6 heteroatoms. The topological polar surface area (TPSA) is 41.6 Å². The predicted octanol–water partition coefficient (Wildman–Crippen LogP) is 5.14. The van der Waals surface area contributed by atoms with E-state index in [0.29, 0.717) is 11.7 Å². The fourth-order valence-corrected chi connectivity index (χ4v) is 4.02. The number of halogens is 1. The SMILES string of the molecule is CCN1C(=S)NC(c2ccc(OCc3ccc(Br)cc3)cc2)C(C(C)=O)=C1C. The second-order valence-corrected chi connectivity index (χ2v) is 7.97. The first-order valence-corrected chi connectivity index (χ1v) is 10.4. The number of ether oxygens (including phenoxy) is 1. The van der Waals surface area contributed by atoms with Crippen LogP contribution in [0.1, 0.15) is 37.9 Å². The Hall–Kier alpha value is -2.18. The minimum absolute atomic E-state index is 0.0477. The van der Waals surface area contributed by atoms with Crippen molar-refractivity contribution in [3.8, 4) is 5.75 Å². The van der Waals surface area contributed by atoms with Gasteiger partial charge in [-0.2, -0.15) is 0 Å². The number of Topliss-reactive ketones (excluding diaryl/α,β-unsaturated/α-hetero) is 1. The Morgan fingerprint density at radius 1 is 1.18 bits per heavy atom. The predicted molar refractivity (Wildman–Crippen MR) is 119 cm³/mol. The zero-order valence-corrected chi connectivity index (χ0v) is 18.6. The number of nitrogens with one attached hydrogen (secondary N) is 1. The van der Waals surface area contributed by atoms with Gasteiger partial charge in [-0.1, -0.05) is 40.2 Å². The minimum atomic E-state index is -0.242. The summed E-state index contributed by atoms with van der Waals surface area (Å²) in [5.74, 6) is 0.830. The van der Waals surface area contributed by atoms with Gasteiger partial charge in [0, 0.05) is 22.3 Å². The van der Waals surface area contributed by atoms with Gasteiger partial charge in [-0.05, 0) is 68.4 Å². The van der Waals surface area contributed by atoms with E-state index in [1.54, 1.807) is 6.92 Å². The van der Waals surface area contributed by atoms with E-state index in [4.69, 9.17) is 17.0 Å². The minimum Gasteiger partial charge on any atom is -0.489 e. The van der Waals surface area contributed by atoms with Gasteiger partial charge in [0.1, 0.15) is 12.4 Å². The van der Waals surface area contributed by atoms with Crippen LogP contribution in [-0.2, 0) is 11.4 Å². The second kappa shape index (κ2) is 8.88. The molecule has 0 aliphatic carbocycles. The molecule has 1 heterocycles. The van der Waals surface area contributed by atoms with E-state index in [1.165, 1.54) is 0 Å². The summed E-state index contributed by atoms with van der Waals surface area (Å²) in [6, 6.07) is 15.6. The lowest BCUT2D eigenvalue weighted by Crippen LogP contribution is -2.47.